The van der Waals surface area contributed by atoms with Crippen LogP contribution in [0.3, 0.4) is 0 Å². The number of halogens is 1. The molecule has 0 spiro atoms. The molecule has 1 saturated carbocycles. The SMILES string of the molecule is CCC/C=C\CC[C@H]1C(OP)CC(F)[C@@H]1C=O. The van der Waals surface area contributed by atoms with Gasteiger partial charge in [-0.25, -0.2) is 4.39 Å². The van der Waals surface area contributed by atoms with Gasteiger partial charge in [0.15, 0.2) is 0 Å². The Morgan fingerprint density at radius 2 is 2.12 bits per heavy atom. The number of allylic oxidation sites excluding steroid dienone is 2. The summed E-state index contributed by atoms with van der Waals surface area (Å²) in [5.41, 5.74) is 0. The summed E-state index contributed by atoms with van der Waals surface area (Å²) in [4.78, 5) is 10.9. The van der Waals surface area contributed by atoms with Crippen LogP contribution in [0.2, 0.25) is 0 Å². The van der Waals surface area contributed by atoms with E-state index in [1.54, 1.807) is 0 Å². The third kappa shape index (κ3) is 4.15. The highest BCUT2D eigenvalue weighted by molar-refractivity contribution is 7.09. The summed E-state index contributed by atoms with van der Waals surface area (Å²) >= 11 is 0. The van der Waals surface area contributed by atoms with E-state index < -0.39 is 12.1 Å². The summed E-state index contributed by atoms with van der Waals surface area (Å²) in [5.74, 6) is -0.466. The Balaban J connectivity index is 2.44. The predicted octanol–water partition coefficient (Wildman–Crippen LogP) is 3.47. The number of carbonyl (C=O) groups is 1. The van der Waals surface area contributed by atoms with Crippen LogP contribution >= 0.6 is 9.47 Å². The molecule has 0 saturated heterocycles. The van der Waals surface area contributed by atoms with E-state index >= 15 is 0 Å². The highest BCUT2D eigenvalue weighted by Crippen LogP contribution is 2.39. The molecular weight excluding hydrogens is 238 g/mol. The average Bonchev–Trinajstić information content (AvgIpc) is 2.64. The molecule has 1 aliphatic rings. The van der Waals surface area contributed by atoms with Crippen molar-refractivity contribution >= 4 is 15.8 Å². The molecule has 1 rings (SSSR count). The van der Waals surface area contributed by atoms with Crippen molar-refractivity contribution in [3.8, 4) is 0 Å². The summed E-state index contributed by atoms with van der Waals surface area (Å²) in [6, 6.07) is 0. The van der Waals surface area contributed by atoms with Crippen molar-refractivity contribution in [3.05, 3.63) is 12.2 Å². The fourth-order valence-electron chi connectivity index (χ4n) is 2.48. The molecule has 17 heavy (non-hydrogen) atoms. The number of hydrogen-bond acceptors (Lipinski definition) is 2. The molecule has 0 aromatic rings. The Morgan fingerprint density at radius 3 is 2.71 bits per heavy atom. The van der Waals surface area contributed by atoms with Crippen molar-refractivity contribution in [3.63, 3.8) is 0 Å². The molecular formula is C13H22FO2P. The summed E-state index contributed by atoms with van der Waals surface area (Å²) in [6.07, 6.45) is 8.14. The fourth-order valence-corrected chi connectivity index (χ4v) is 2.79. The number of aldehydes is 1. The summed E-state index contributed by atoms with van der Waals surface area (Å²) in [5, 5.41) is 0. The van der Waals surface area contributed by atoms with E-state index in [1.165, 1.54) is 0 Å². The lowest BCUT2D eigenvalue weighted by Crippen LogP contribution is -2.22. The lowest BCUT2D eigenvalue weighted by Gasteiger charge is -2.19. The maximum atomic E-state index is 13.6. The van der Waals surface area contributed by atoms with E-state index in [0.717, 1.165) is 32.0 Å². The molecule has 0 N–H and O–H groups in total. The van der Waals surface area contributed by atoms with Crippen molar-refractivity contribution in [1.82, 2.24) is 0 Å². The molecule has 0 heterocycles. The molecule has 0 aromatic carbocycles. The van der Waals surface area contributed by atoms with Crippen molar-refractivity contribution in [2.75, 3.05) is 0 Å². The van der Waals surface area contributed by atoms with Gasteiger partial charge in [-0.15, -0.1) is 0 Å². The molecule has 0 aliphatic heterocycles. The van der Waals surface area contributed by atoms with Gasteiger partial charge < -0.3 is 9.32 Å². The Kier molecular flexibility index (Phi) is 6.91. The second kappa shape index (κ2) is 7.94. The minimum atomic E-state index is -1.04. The second-order valence-electron chi connectivity index (χ2n) is 4.64. The quantitative estimate of drug-likeness (QED) is 0.398. The molecule has 0 bridgehead atoms. The summed E-state index contributed by atoms with van der Waals surface area (Å²) in [7, 11) is 2.19. The first-order chi connectivity index (χ1) is 8.24. The van der Waals surface area contributed by atoms with Gasteiger partial charge in [0.05, 0.1) is 12.0 Å². The largest absolute Gasteiger partial charge is 0.362 e. The molecule has 3 unspecified atom stereocenters. The van der Waals surface area contributed by atoms with E-state index in [-0.39, 0.29) is 12.0 Å². The van der Waals surface area contributed by atoms with Gasteiger partial charge in [0.1, 0.15) is 12.5 Å². The number of alkyl halides is 1. The standard InChI is InChI=1S/C13H22FO2P/c1-2-3-4-5-6-7-10-11(9-15)12(14)8-13(10)16-17/h4-5,9-13H,2-3,6-8,17H2,1H3/b5-4-/t10-,11-,12?,13?/m1/s1. The molecule has 1 fully saturated rings. The van der Waals surface area contributed by atoms with Crippen molar-refractivity contribution in [2.24, 2.45) is 11.8 Å². The lowest BCUT2D eigenvalue weighted by molar-refractivity contribution is -0.113. The van der Waals surface area contributed by atoms with E-state index in [1.807, 2.05) is 0 Å². The van der Waals surface area contributed by atoms with Gasteiger partial charge in [-0.05, 0) is 25.2 Å². The molecule has 0 amide bonds. The first-order valence-corrected chi connectivity index (χ1v) is 6.81. The van der Waals surface area contributed by atoms with Crippen LogP contribution in [0.1, 0.15) is 39.0 Å². The Labute approximate surface area is 105 Å². The molecule has 5 atom stereocenters. The van der Waals surface area contributed by atoms with E-state index in [0.29, 0.717) is 6.42 Å². The highest BCUT2D eigenvalue weighted by atomic mass is 31.0. The minimum Gasteiger partial charge on any atom is -0.362 e. The van der Waals surface area contributed by atoms with Gasteiger partial charge in [0.25, 0.3) is 0 Å². The topological polar surface area (TPSA) is 26.3 Å². The van der Waals surface area contributed by atoms with E-state index in [4.69, 9.17) is 4.52 Å². The smallest absolute Gasteiger partial charge is 0.126 e. The zero-order chi connectivity index (χ0) is 12.7. The van der Waals surface area contributed by atoms with Crippen LogP contribution in [-0.4, -0.2) is 18.6 Å². The molecule has 0 aromatic heterocycles. The zero-order valence-electron chi connectivity index (χ0n) is 10.3. The Hall–Kier alpha value is -0.270. The molecule has 2 nitrogen and oxygen atoms in total. The number of carbonyl (C=O) groups excluding carboxylic acids is 1. The normalized spacial score (nSPS) is 33.4. The third-order valence-electron chi connectivity index (χ3n) is 3.47. The predicted molar refractivity (Wildman–Crippen MR) is 70.4 cm³/mol. The zero-order valence-corrected chi connectivity index (χ0v) is 11.5. The van der Waals surface area contributed by atoms with Gasteiger partial charge >= 0.3 is 0 Å². The molecule has 4 heteroatoms. The maximum absolute atomic E-state index is 13.6. The van der Waals surface area contributed by atoms with Gasteiger partial charge in [-0.1, -0.05) is 25.5 Å². The molecule has 0 radical (unpaired) electrons. The van der Waals surface area contributed by atoms with Gasteiger partial charge in [-0.3, -0.25) is 0 Å². The highest BCUT2D eigenvalue weighted by Gasteiger charge is 2.43. The minimum absolute atomic E-state index is 0.0197. The molecule has 1 aliphatic carbocycles. The van der Waals surface area contributed by atoms with Crippen LogP contribution in [0.5, 0.6) is 0 Å². The van der Waals surface area contributed by atoms with E-state index in [2.05, 4.69) is 28.5 Å². The van der Waals surface area contributed by atoms with Crippen LogP contribution in [0.25, 0.3) is 0 Å². The number of unbranched alkanes of at least 4 members (excludes halogenated alkanes) is 1. The maximum Gasteiger partial charge on any atom is 0.126 e. The second-order valence-corrected chi connectivity index (χ2v) is 4.91. The Bertz CT molecular complexity index is 258. The van der Waals surface area contributed by atoms with Crippen molar-refractivity contribution in [1.29, 1.82) is 0 Å². The van der Waals surface area contributed by atoms with Crippen LogP contribution < -0.4 is 0 Å². The monoisotopic (exact) mass is 260 g/mol. The van der Waals surface area contributed by atoms with Crippen molar-refractivity contribution in [2.45, 2.75) is 51.3 Å². The van der Waals surface area contributed by atoms with Crippen LogP contribution in [0.15, 0.2) is 12.2 Å². The third-order valence-corrected chi connectivity index (χ3v) is 3.82. The van der Waals surface area contributed by atoms with Gasteiger partial charge in [0, 0.05) is 15.9 Å². The first-order valence-electron chi connectivity index (χ1n) is 6.34. The first kappa shape index (κ1) is 14.8. The number of rotatable bonds is 7. The fraction of sp³-hybridized carbons (Fsp3) is 0.769. The van der Waals surface area contributed by atoms with Crippen LogP contribution in [-0.2, 0) is 9.32 Å². The lowest BCUT2D eigenvalue weighted by atomic mass is 9.91. The summed E-state index contributed by atoms with van der Waals surface area (Å²) < 4.78 is 18.8. The van der Waals surface area contributed by atoms with E-state index in [9.17, 15) is 9.18 Å². The van der Waals surface area contributed by atoms with Crippen LogP contribution in [0.4, 0.5) is 4.39 Å². The van der Waals surface area contributed by atoms with Gasteiger partial charge in [0.2, 0.25) is 0 Å². The van der Waals surface area contributed by atoms with Gasteiger partial charge in [-0.2, -0.15) is 0 Å². The summed E-state index contributed by atoms with van der Waals surface area (Å²) in [6.45, 7) is 2.13. The van der Waals surface area contributed by atoms with Crippen LogP contribution in [0, 0.1) is 11.8 Å². The Morgan fingerprint density at radius 1 is 1.41 bits per heavy atom. The average molecular weight is 260 g/mol. The van der Waals surface area contributed by atoms with Crippen molar-refractivity contribution < 1.29 is 13.7 Å². The number of hydrogen-bond donors (Lipinski definition) is 0. The molecule has 98 valence electrons.